The first-order valence-electron chi connectivity index (χ1n) is 10.4. The van der Waals surface area contributed by atoms with Crippen molar-refractivity contribution in [2.24, 2.45) is 0 Å². The highest BCUT2D eigenvalue weighted by atomic mass is 35.5. The van der Waals surface area contributed by atoms with Crippen LogP contribution in [-0.2, 0) is 16.0 Å². The fraction of sp³-hybridized carbons (Fsp3) is 0.115. The van der Waals surface area contributed by atoms with Crippen molar-refractivity contribution < 1.29 is 14.0 Å². The molecule has 1 atom stereocenters. The van der Waals surface area contributed by atoms with E-state index in [9.17, 15) is 19.2 Å². The molecule has 0 saturated carbocycles. The Labute approximate surface area is 205 Å². The number of hydrogen-bond acceptors (Lipinski definition) is 4. The highest BCUT2D eigenvalue weighted by Gasteiger charge is 2.40. The number of rotatable bonds is 5. The Morgan fingerprint density at radius 2 is 1.85 bits per heavy atom. The lowest BCUT2D eigenvalue weighted by Crippen LogP contribution is -2.30. The van der Waals surface area contributed by atoms with Crippen LogP contribution in [0.15, 0.2) is 83.4 Å². The summed E-state index contributed by atoms with van der Waals surface area (Å²) in [5.74, 6) is -1.35. The van der Waals surface area contributed by atoms with E-state index in [1.165, 1.54) is 40.9 Å². The van der Waals surface area contributed by atoms with Gasteiger partial charge >= 0.3 is 0 Å². The van der Waals surface area contributed by atoms with Crippen LogP contribution in [0.4, 0.5) is 15.8 Å². The van der Waals surface area contributed by atoms with E-state index < -0.39 is 17.0 Å². The molecule has 170 valence electrons. The van der Waals surface area contributed by atoms with Gasteiger partial charge in [0, 0.05) is 16.4 Å². The third-order valence-electron chi connectivity index (χ3n) is 5.20. The molecule has 5 nitrogen and oxygen atoms in total. The number of hydrogen-bond donors (Lipinski definition) is 1. The number of thioether (sulfide) groups is 1. The lowest BCUT2D eigenvalue weighted by Gasteiger charge is -2.19. The Morgan fingerprint density at radius 3 is 2.50 bits per heavy atom. The summed E-state index contributed by atoms with van der Waals surface area (Å²) in [6.07, 6.45) is 0.442. The molecule has 4 rings (SSSR count). The third kappa shape index (κ3) is 5.14. The monoisotopic (exact) mass is 491 g/mol. The molecule has 3 aromatic carbocycles. The Kier molecular flexibility index (Phi) is 7.01. The van der Waals surface area contributed by atoms with E-state index in [2.05, 4.69) is 5.32 Å². The van der Waals surface area contributed by atoms with Crippen molar-refractivity contribution >= 4 is 46.6 Å². The summed E-state index contributed by atoms with van der Waals surface area (Å²) < 4.78 is 13.2. The highest BCUT2D eigenvalue weighted by molar-refractivity contribution is 8.05. The van der Waals surface area contributed by atoms with Crippen LogP contribution in [0.1, 0.15) is 11.1 Å². The van der Waals surface area contributed by atoms with Crippen LogP contribution in [-0.4, -0.2) is 17.1 Å². The summed E-state index contributed by atoms with van der Waals surface area (Å²) in [7, 11) is 0. The molecule has 1 fully saturated rings. The van der Waals surface area contributed by atoms with E-state index in [4.69, 9.17) is 11.6 Å². The molecule has 0 aromatic heterocycles. The van der Waals surface area contributed by atoms with Gasteiger partial charge in [-0.05, 0) is 67.4 Å². The van der Waals surface area contributed by atoms with Crippen molar-refractivity contribution in [3.63, 3.8) is 0 Å². The molecule has 34 heavy (non-hydrogen) atoms. The fourth-order valence-corrected chi connectivity index (χ4v) is 5.03. The van der Waals surface area contributed by atoms with Crippen molar-refractivity contribution in [3.05, 3.63) is 105 Å². The molecular formula is C26H19ClFN3O2S. The second-order valence-electron chi connectivity index (χ2n) is 7.70. The minimum Gasteiger partial charge on any atom is -0.321 e. The second-order valence-corrected chi connectivity index (χ2v) is 9.33. The van der Waals surface area contributed by atoms with E-state index in [1.54, 1.807) is 24.3 Å². The maximum Gasteiger partial charge on any atom is 0.269 e. The van der Waals surface area contributed by atoms with Gasteiger partial charge in [0.1, 0.15) is 22.5 Å². The topological polar surface area (TPSA) is 73.2 Å². The first kappa shape index (κ1) is 23.6. The van der Waals surface area contributed by atoms with Crippen LogP contribution in [0.3, 0.4) is 0 Å². The lowest BCUT2D eigenvalue weighted by molar-refractivity contribution is -0.117. The Hall–Kier alpha value is -3.60. The van der Waals surface area contributed by atoms with Gasteiger partial charge in [-0.1, -0.05) is 53.2 Å². The third-order valence-corrected chi connectivity index (χ3v) is 6.71. The second kappa shape index (κ2) is 10.1. The first-order chi connectivity index (χ1) is 16.4. The van der Waals surface area contributed by atoms with Gasteiger partial charge in [-0.2, -0.15) is 5.26 Å². The molecule has 0 spiro atoms. The molecule has 0 aliphatic carbocycles. The Balaban J connectivity index is 1.72. The van der Waals surface area contributed by atoms with Gasteiger partial charge in [-0.3, -0.25) is 14.5 Å². The largest absolute Gasteiger partial charge is 0.321 e. The molecule has 8 heteroatoms. The molecule has 0 unspecified atom stereocenters. The van der Waals surface area contributed by atoms with Crippen molar-refractivity contribution in [2.45, 2.75) is 18.6 Å². The first-order valence-corrected chi connectivity index (χ1v) is 11.6. The summed E-state index contributed by atoms with van der Waals surface area (Å²) in [5, 5.41) is 12.7. The number of nitriles is 1. The maximum atomic E-state index is 13.5. The van der Waals surface area contributed by atoms with E-state index in [1.807, 2.05) is 37.3 Å². The molecule has 1 N–H and O–H groups in total. The summed E-state index contributed by atoms with van der Waals surface area (Å²) >= 11 is 7.20. The van der Waals surface area contributed by atoms with Gasteiger partial charge in [-0.25, -0.2) is 4.39 Å². The molecule has 2 amide bonds. The van der Waals surface area contributed by atoms with Crippen molar-refractivity contribution in [2.75, 3.05) is 10.2 Å². The van der Waals surface area contributed by atoms with Crippen molar-refractivity contribution in [1.29, 1.82) is 5.26 Å². The SMILES string of the molecule is Cc1cccc(C[C@@H]2S/C(=C(\C#N)C(=O)Nc3ccc(F)cc3)N(c3ccc(Cl)cc3)C2=O)c1. The Morgan fingerprint density at radius 1 is 1.15 bits per heavy atom. The lowest BCUT2D eigenvalue weighted by atomic mass is 10.1. The van der Waals surface area contributed by atoms with Gasteiger partial charge in [0.05, 0.1) is 5.25 Å². The van der Waals surface area contributed by atoms with Gasteiger partial charge < -0.3 is 5.32 Å². The molecule has 1 aliphatic rings. The maximum absolute atomic E-state index is 13.5. The smallest absolute Gasteiger partial charge is 0.269 e. The summed E-state index contributed by atoms with van der Waals surface area (Å²) in [6.45, 7) is 1.98. The number of nitrogens with one attached hydrogen (secondary N) is 1. The molecule has 0 bridgehead atoms. The van der Waals surface area contributed by atoms with Crippen molar-refractivity contribution in [3.8, 4) is 6.07 Å². The number of halogens is 2. The van der Waals surface area contributed by atoms with Crippen LogP contribution >= 0.6 is 23.4 Å². The van der Waals surface area contributed by atoms with Gasteiger partial charge in [0.2, 0.25) is 5.91 Å². The average Bonchev–Trinajstić information content (AvgIpc) is 3.12. The predicted molar refractivity (Wildman–Crippen MR) is 133 cm³/mol. The van der Waals surface area contributed by atoms with Crippen LogP contribution < -0.4 is 10.2 Å². The fourth-order valence-electron chi connectivity index (χ4n) is 3.59. The zero-order chi connectivity index (χ0) is 24.2. The standard InChI is InChI=1S/C26H19ClFN3O2S/c1-16-3-2-4-17(13-16)14-23-25(33)31(21-11-5-18(27)6-12-21)26(34-23)22(15-29)24(32)30-20-9-7-19(28)8-10-20/h2-13,23H,14H2,1H3,(H,30,32)/b26-22+/t23-/m0/s1. The van der Waals surface area contributed by atoms with Gasteiger partial charge in [-0.15, -0.1) is 0 Å². The molecular weight excluding hydrogens is 473 g/mol. The number of aryl methyl sites for hydroxylation is 1. The normalized spacial score (nSPS) is 16.8. The molecule has 1 saturated heterocycles. The van der Waals surface area contributed by atoms with Crippen LogP contribution in [0, 0.1) is 24.1 Å². The molecule has 1 heterocycles. The Bertz CT molecular complexity index is 1320. The van der Waals surface area contributed by atoms with E-state index in [-0.39, 0.29) is 16.5 Å². The van der Waals surface area contributed by atoms with Crippen molar-refractivity contribution in [1.82, 2.24) is 0 Å². The summed E-state index contributed by atoms with van der Waals surface area (Å²) in [4.78, 5) is 27.9. The molecule has 3 aromatic rings. The minimum absolute atomic E-state index is 0.204. The van der Waals surface area contributed by atoms with E-state index >= 15 is 0 Å². The molecule has 1 aliphatic heterocycles. The predicted octanol–water partition coefficient (Wildman–Crippen LogP) is 5.85. The zero-order valence-corrected chi connectivity index (χ0v) is 19.7. The number of benzene rings is 3. The van der Waals surface area contributed by atoms with E-state index in [0.717, 1.165) is 11.1 Å². The summed E-state index contributed by atoms with van der Waals surface area (Å²) in [6, 6.07) is 21.7. The van der Waals surface area contributed by atoms with Gasteiger partial charge in [0.25, 0.3) is 5.91 Å². The number of amides is 2. The van der Waals surface area contributed by atoms with Crippen LogP contribution in [0.5, 0.6) is 0 Å². The zero-order valence-electron chi connectivity index (χ0n) is 18.1. The summed E-state index contributed by atoms with van der Waals surface area (Å²) in [5.41, 5.74) is 2.70. The average molecular weight is 492 g/mol. The molecule has 0 radical (unpaired) electrons. The number of carbonyl (C=O) groups excluding carboxylic acids is 2. The van der Waals surface area contributed by atoms with Crippen LogP contribution in [0.25, 0.3) is 0 Å². The number of nitrogens with zero attached hydrogens (tertiary/aromatic N) is 2. The van der Waals surface area contributed by atoms with Crippen LogP contribution in [0.2, 0.25) is 5.02 Å². The minimum atomic E-state index is -0.681. The van der Waals surface area contributed by atoms with E-state index in [0.29, 0.717) is 22.8 Å². The van der Waals surface area contributed by atoms with Gasteiger partial charge in [0.15, 0.2) is 0 Å². The number of anilines is 2. The highest BCUT2D eigenvalue weighted by Crippen LogP contribution is 2.42. The number of carbonyl (C=O) groups is 2. The quantitative estimate of drug-likeness (QED) is 0.359.